The van der Waals surface area contributed by atoms with E-state index < -0.39 is 0 Å². The van der Waals surface area contributed by atoms with Crippen molar-refractivity contribution in [2.75, 3.05) is 13.2 Å². The Hall–Kier alpha value is -0.730. The Bertz CT molecular complexity index is 168. The van der Waals surface area contributed by atoms with E-state index in [2.05, 4.69) is 13.8 Å². The van der Waals surface area contributed by atoms with Gasteiger partial charge in [0, 0.05) is 19.0 Å². The van der Waals surface area contributed by atoms with Crippen molar-refractivity contribution >= 4 is 6.09 Å². The summed E-state index contributed by atoms with van der Waals surface area (Å²) in [4.78, 5) is 13.1. The summed E-state index contributed by atoms with van der Waals surface area (Å²) in [6, 6.07) is 0.372. The van der Waals surface area contributed by atoms with Crippen molar-refractivity contribution in [2.45, 2.75) is 33.2 Å². The molecule has 3 heteroatoms. The van der Waals surface area contributed by atoms with Gasteiger partial charge in [-0.25, -0.2) is 4.79 Å². The number of carbonyl (C=O) groups is 1. The third-order valence-electron chi connectivity index (χ3n) is 2.38. The van der Waals surface area contributed by atoms with Gasteiger partial charge in [-0.1, -0.05) is 13.8 Å². The minimum atomic E-state index is -0.151. The van der Waals surface area contributed by atoms with Crippen LogP contribution in [0.4, 0.5) is 4.79 Å². The van der Waals surface area contributed by atoms with Gasteiger partial charge in [0.1, 0.15) is 0 Å². The van der Waals surface area contributed by atoms with Gasteiger partial charge in [-0.05, 0) is 12.8 Å². The van der Waals surface area contributed by atoms with E-state index in [-0.39, 0.29) is 6.09 Å². The van der Waals surface area contributed by atoms with E-state index in [1.807, 2.05) is 11.8 Å². The van der Waals surface area contributed by atoms with Crippen LogP contribution in [0.15, 0.2) is 0 Å². The molecule has 0 aromatic heterocycles. The summed E-state index contributed by atoms with van der Waals surface area (Å²) < 4.78 is 4.95. The van der Waals surface area contributed by atoms with Gasteiger partial charge in [-0.2, -0.15) is 0 Å². The lowest BCUT2D eigenvalue weighted by molar-refractivity contribution is 0.0331. The molecule has 0 aliphatic carbocycles. The minimum Gasteiger partial charge on any atom is -0.449 e. The van der Waals surface area contributed by atoms with Crippen molar-refractivity contribution in [3.05, 3.63) is 0 Å². The highest BCUT2D eigenvalue weighted by Gasteiger charge is 2.29. The van der Waals surface area contributed by atoms with Crippen molar-refractivity contribution in [2.24, 2.45) is 5.92 Å². The molecule has 1 aliphatic rings. The third-order valence-corrected chi connectivity index (χ3v) is 2.38. The largest absolute Gasteiger partial charge is 0.449 e. The zero-order valence-corrected chi connectivity index (χ0v) is 8.04. The van der Waals surface area contributed by atoms with Gasteiger partial charge in [-0.15, -0.1) is 0 Å². The van der Waals surface area contributed by atoms with Crippen LogP contribution >= 0.6 is 0 Å². The molecule has 12 heavy (non-hydrogen) atoms. The smallest absolute Gasteiger partial charge is 0.410 e. The molecular weight excluding hydrogens is 154 g/mol. The first-order valence-electron chi connectivity index (χ1n) is 4.60. The first kappa shape index (κ1) is 9.36. The van der Waals surface area contributed by atoms with Crippen LogP contribution in [-0.2, 0) is 4.74 Å². The lowest BCUT2D eigenvalue weighted by Crippen LogP contribution is -2.47. The van der Waals surface area contributed by atoms with Crippen LogP contribution in [0.2, 0.25) is 0 Å². The van der Waals surface area contributed by atoms with Gasteiger partial charge in [0.15, 0.2) is 0 Å². The van der Waals surface area contributed by atoms with E-state index >= 15 is 0 Å². The second kappa shape index (κ2) is 3.78. The summed E-state index contributed by atoms with van der Waals surface area (Å²) in [6.07, 6.45) is 0.819. The third kappa shape index (κ3) is 1.71. The number of ether oxygens (including phenoxy) is 1. The molecule has 1 saturated heterocycles. The van der Waals surface area contributed by atoms with E-state index in [0.29, 0.717) is 18.6 Å². The Kier molecular flexibility index (Phi) is 2.95. The minimum absolute atomic E-state index is 0.151. The topological polar surface area (TPSA) is 29.5 Å². The van der Waals surface area contributed by atoms with E-state index in [0.717, 1.165) is 13.0 Å². The van der Waals surface area contributed by atoms with Crippen LogP contribution in [0.25, 0.3) is 0 Å². The van der Waals surface area contributed by atoms with Crippen LogP contribution < -0.4 is 0 Å². The highest BCUT2D eigenvalue weighted by atomic mass is 16.6. The average Bonchev–Trinajstić information content (AvgIpc) is 2.03. The van der Waals surface area contributed by atoms with Crippen LogP contribution in [0.3, 0.4) is 0 Å². The predicted molar refractivity (Wildman–Crippen MR) is 47.0 cm³/mol. The SMILES string of the molecule is CCN1C(=O)OCCC1C(C)C. The molecule has 3 nitrogen and oxygen atoms in total. The van der Waals surface area contributed by atoms with Gasteiger partial charge >= 0.3 is 6.09 Å². The molecular formula is C9H17NO2. The van der Waals surface area contributed by atoms with E-state index in [9.17, 15) is 4.79 Å². The van der Waals surface area contributed by atoms with Gasteiger partial charge in [-0.3, -0.25) is 0 Å². The van der Waals surface area contributed by atoms with Crippen molar-refractivity contribution in [1.82, 2.24) is 4.90 Å². The Labute approximate surface area is 73.7 Å². The zero-order chi connectivity index (χ0) is 9.14. The average molecular weight is 171 g/mol. The van der Waals surface area contributed by atoms with Crippen LogP contribution in [-0.4, -0.2) is 30.2 Å². The van der Waals surface area contributed by atoms with E-state index in [4.69, 9.17) is 4.74 Å². The molecule has 1 aliphatic heterocycles. The van der Waals surface area contributed by atoms with Crippen LogP contribution in [0, 0.1) is 5.92 Å². The number of rotatable bonds is 2. The van der Waals surface area contributed by atoms with Gasteiger partial charge in [0.05, 0.1) is 6.61 Å². The second-order valence-corrected chi connectivity index (χ2v) is 3.50. The quantitative estimate of drug-likeness (QED) is 0.634. The molecule has 1 rings (SSSR count). The summed E-state index contributed by atoms with van der Waals surface area (Å²) in [5.41, 5.74) is 0. The van der Waals surface area contributed by atoms with Crippen LogP contribution in [0.1, 0.15) is 27.2 Å². The first-order valence-corrected chi connectivity index (χ1v) is 4.60. The maximum atomic E-state index is 11.2. The highest BCUT2D eigenvalue weighted by molar-refractivity contribution is 5.68. The fourth-order valence-corrected chi connectivity index (χ4v) is 1.70. The van der Waals surface area contributed by atoms with Gasteiger partial charge in [0.25, 0.3) is 0 Å². The Morgan fingerprint density at radius 2 is 2.33 bits per heavy atom. The molecule has 0 N–H and O–H groups in total. The summed E-state index contributed by atoms with van der Waals surface area (Å²) in [5.74, 6) is 0.526. The molecule has 0 aromatic rings. The van der Waals surface area contributed by atoms with E-state index in [1.165, 1.54) is 0 Å². The molecule has 1 atom stereocenters. The summed E-state index contributed by atoms with van der Waals surface area (Å²) in [7, 11) is 0. The van der Waals surface area contributed by atoms with Crippen molar-refractivity contribution in [3.8, 4) is 0 Å². The maximum Gasteiger partial charge on any atom is 0.410 e. The number of hydrogen-bond acceptors (Lipinski definition) is 2. The zero-order valence-electron chi connectivity index (χ0n) is 8.04. The van der Waals surface area contributed by atoms with Crippen molar-refractivity contribution < 1.29 is 9.53 Å². The number of cyclic esters (lactones) is 1. The number of amides is 1. The molecule has 0 spiro atoms. The molecule has 70 valence electrons. The van der Waals surface area contributed by atoms with Crippen molar-refractivity contribution in [3.63, 3.8) is 0 Å². The molecule has 1 amide bonds. The first-order chi connectivity index (χ1) is 5.66. The molecule has 0 saturated carbocycles. The second-order valence-electron chi connectivity index (χ2n) is 3.50. The number of nitrogens with zero attached hydrogens (tertiary/aromatic N) is 1. The molecule has 1 unspecified atom stereocenters. The van der Waals surface area contributed by atoms with Crippen molar-refractivity contribution in [1.29, 1.82) is 0 Å². The lowest BCUT2D eigenvalue weighted by atomic mass is 9.99. The predicted octanol–water partition coefficient (Wildman–Crippen LogP) is 1.87. The highest BCUT2D eigenvalue weighted by Crippen LogP contribution is 2.19. The van der Waals surface area contributed by atoms with Crippen LogP contribution in [0.5, 0.6) is 0 Å². The molecule has 1 heterocycles. The Morgan fingerprint density at radius 3 is 2.75 bits per heavy atom. The Balaban J connectivity index is 2.64. The number of carbonyl (C=O) groups excluding carboxylic acids is 1. The fraction of sp³-hybridized carbons (Fsp3) is 0.889. The maximum absolute atomic E-state index is 11.2. The fourth-order valence-electron chi connectivity index (χ4n) is 1.70. The molecule has 1 fully saturated rings. The monoisotopic (exact) mass is 171 g/mol. The summed E-state index contributed by atoms with van der Waals surface area (Å²) in [5, 5.41) is 0. The van der Waals surface area contributed by atoms with E-state index in [1.54, 1.807) is 0 Å². The standard InChI is InChI=1S/C9H17NO2/c1-4-10-8(7(2)3)5-6-12-9(10)11/h7-8H,4-6H2,1-3H3. The molecule has 0 bridgehead atoms. The summed E-state index contributed by atoms with van der Waals surface area (Å²) in [6.45, 7) is 7.61. The molecule has 0 aromatic carbocycles. The summed E-state index contributed by atoms with van der Waals surface area (Å²) >= 11 is 0. The number of hydrogen-bond donors (Lipinski definition) is 0. The lowest BCUT2D eigenvalue weighted by Gasteiger charge is -2.36. The Morgan fingerprint density at radius 1 is 1.67 bits per heavy atom. The molecule has 0 radical (unpaired) electrons. The van der Waals surface area contributed by atoms with Gasteiger partial charge < -0.3 is 9.64 Å². The van der Waals surface area contributed by atoms with Gasteiger partial charge in [0.2, 0.25) is 0 Å². The normalized spacial score (nSPS) is 24.5.